The van der Waals surface area contributed by atoms with E-state index in [1.54, 1.807) is 26.2 Å². The van der Waals surface area contributed by atoms with Crippen molar-refractivity contribution in [3.05, 3.63) is 83.7 Å². The largest absolute Gasteiger partial charge is 0.496 e. The number of anilines is 2. The number of benzene rings is 3. The first-order chi connectivity index (χ1) is 14.1. The SMILES string of the molecule is COc1ccccc1CC(=O)N(c1ccc(C)c(F)c1)c1nc2ccccc2s1. The highest BCUT2D eigenvalue weighted by Gasteiger charge is 2.23. The number of methoxy groups -OCH3 is 1. The first-order valence-electron chi connectivity index (χ1n) is 9.13. The van der Waals surface area contributed by atoms with E-state index >= 15 is 0 Å². The zero-order valence-electron chi connectivity index (χ0n) is 16.1. The van der Waals surface area contributed by atoms with Crippen LogP contribution in [-0.4, -0.2) is 18.0 Å². The van der Waals surface area contributed by atoms with Gasteiger partial charge in [0.25, 0.3) is 0 Å². The number of halogens is 1. The minimum atomic E-state index is -0.362. The molecule has 0 saturated heterocycles. The van der Waals surface area contributed by atoms with Crippen LogP contribution in [0.4, 0.5) is 15.2 Å². The summed E-state index contributed by atoms with van der Waals surface area (Å²) in [5, 5.41) is 0.509. The van der Waals surface area contributed by atoms with Crippen molar-refractivity contribution >= 4 is 38.3 Å². The second-order valence-corrected chi connectivity index (χ2v) is 7.62. The average Bonchev–Trinajstić information content (AvgIpc) is 3.14. The molecule has 1 aromatic heterocycles. The van der Waals surface area contributed by atoms with Gasteiger partial charge in [-0.15, -0.1) is 0 Å². The molecule has 0 aliphatic carbocycles. The molecule has 0 unspecified atom stereocenters. The molecule has 146 valence electrons. The van der Waals surface area contributed by atoms with Crippen LogP contribution in [0.1, 0.15) is 11.1 Å². The van der Waals surface area contributed by atoms with Crippen molar-refractivity contribution in [2.24, 2.45) is 0 Å². The maximum absolute atomic E-state index is 14.3. The molecule has 4 rings (SSSR count). The first kappa shape index (κ1) is 19.1. The zero-order valence-corrected chi connectivity index (χ0v) is 16.9. The Morgan fingerprint density at radius 3 is 2.62 bits per heavy atom. The summed E-state index contributed by atoms with van der Waals surface area (Å²) < 4.78 is 20.6. The Bertz CT molecular complexity index is 1160. The summed E-state index contributed by atoms with van der Waals surface area (Å²) in [4.78, 5) is 19.5. The van der Waals surface area contributed by atoms with Crippen molar-refractivity contribution in [1.29, 1.82) is 0 Å². The standard InChI is InChI=1S/C23H19FN2O2S/c1-15-11-12-17(14-18(15)24)26(23-25-19-8-4-6-10-21(19)29-23)22(27)13-16-7-3-5-9-20(16)28-2/h3-12,14H,13H2,1-2H3. The van der Waals surface area contributed by atoms with Crippen LogP contribution in [0.25, 0.3) is 10.2 Å². The highest BCUT2D eigenvalue weighted by molar-refractivity contribution is 7.22. The zero-order chi connectivity index (χ0) is 20.4. The van der Waals surface area contributed by atoms with Crippen molar-refractivity contribution < 1.29 is 13.9 Å². The third-order valence-electron chi connectivity index (χ3n) is 4.67. The molecule has 0 bridgehead atoms. The Morgan fingerprint density at radius 1 is 1.10 bits per heavy atom. The van der Waals surface area contributed by atoms with Crippen LogP contribution < -0.4 is 9.64 Å². The third kappa shape index (κ3) is 3.84. The molecule has 0 spiro atoms. The highest BCUT2D eigenvalue weighted by atomic mass is 32.1. The highest BCUT2D eigenvalue weighted by Crippen LogP contribution is 2.35. The maximum atomic E-state index is 14.3. The molecule has 1 amide bonds. The fourth-order valence-electron chi connectivity index (χ4n) is 3.13. The molecule has 0 fully saturated rings. The lowest BCUT2D eigenvalue weighted by atomic mass is 10.1. The number of nitrogens with zero attached hydrogens (tertiary/aromatic N) is 2. The van der Waals surface area contributed by atoms with Crippen LogP contribution >= 0.6 is 11.3 Å². The Kier molecular flexibility index (Phi) is 5.27. The molecule has 1 heterocycles. The summed E-state index contributed by atoms with van der Waals surface area (Å²) in [6.45, 7) is 1.69. The summed E-state index contributed by atoms with van der Waals surface area (Å²) in [7, 11) is 1.57. The molecule has 0 aliphatic rings. The van der Waals surface area contributed by atoms with Crippen LogP contribution in [0.2, 0.25) is 0 Å². The quantitative estimate of drug-likeness (QED) is 0.429. The predicted molar refractivity (Wildman–Crippen MR) is 115 cm³/mol. The summed E-state index contributed by atoms with van der Waals surface area (Å²) in [5.41, 5.74) is 2.54. The Balaban J connectivity index is 1.78. The van der Waals surface area contributed by atoms with Crippen LogP contribution in [0.15, 0.2) is 66.7 Å². The molecule has 0 radical (unpaired) electrons. The molecule has 0 saturated carbocycles. The lowest BCUT2D eigenvalue weighted by molar-refractivity contribution is -0.117. The summed E-state index contributed by atoms with van der Waals surface area (Å²) in [6, 6.07) is 19.8. The van der Waals surface area contributed by atoms with Gasteiger partial charge in [-0.2, -0.15) is 0 Å². The number of thiazole rings is 1. The van der Waals surface area contributed by atoms with E-state index in [0.717, 1.165) is 15.8 Å². The molecule has 4 aromatic rings. The molecule has 3 aromatic carbocycles. The number of hydrogen-bond donors (Lipinski definition) is 0. The van der Waals surface area contributed by atoms with E-state index in [-0.39, 0.29) is 18.1 Å². The van der Waals surface area contributed by atoms with Crippen molar-refractivity contribution in [2.75, 3.05) is 12.0 Å². The number of aromatic nitrogens is 1. The van der Waals surface area contributed by atoms with E-state index in [0.29, 0.717) is 22.1 Å². The number of fused-ring (bicyclic) bond motifs is 1. The third-order valence-corrected chi connectivity index (χ3v) is 5.69. The molecule has 29 heavy (non-hydrogen) atoms. The van der Waals surface area contributed by atoms with Gasteiger partial charge in [0.1, 0.15) is 11.6 Å². The number of carbonyl (C=O) groups excluding carboxylic acids is 1. The lowest BCUT2D eigenvalue weighted by Crippen LogP contribution is -2.27. The van der Waals surface area contributed by atoms with E-state index in [2.05, 4.69) is 4.98 Å². The number of carbonyl (C=O) groups is 1. The fraction of sp³-hybridized carbons (Fsp3) is 0.130. The molecule has 0 aliphatic heterocycles. The Labute approximate surface area is 172 Å². The van der Waals surface area contributed by atoms with E-state index in [1.165, 1.54) is 22.3 Å². The van der Waals surface area contributed by atoms with E-state index in [1.807, 2.05) is 48.5 Å². The summed E-state index contributed by atoms with van der Waals surface area (Å²) in [6.07, 6.45) is 0.107. The molecular formula is C23H19FN2O2S. The van der Waals surface area contributed by atoms with Crippen LogP contribution in [0.3, 0.4) is 0 Å². The van der Waals surface area contributed by atoms with Gasteiger partial charge in [0.05, 0.1) is 29.4 Å². The van der Waals surface area contributed by atoms with Gasteiger partial charge in [0.2, 0.25) is 5.91 Å². The lowest BCUT2D eigenvalue weighted by Gasteiger charge is -2.21. The first-order valence-corrected chi connectivity index (χ1v) is 9.95. The minimum Gasteiger partial charge on any atom is -0.496 e. The second kappa shape index (κ2) is 8.01. The summed E-state index contributed by atoms with van der Waals surface area (Å²) in [5.74, 6) is 0.0655. The maximum Gasteiger partial charge on any atom is 0.237 e. The number of ether oxygens (including phenoxy) is 1. The fourth-order valence-corrected chi connectivity index (χ4v) is 4.13. The van der Waals surface area contributed by atoms with Gasteiger partial charge < -0.3 is 4.74 Å². The normalized spacial score (nSPS) is 10.9. The monoisotopic (exact) mass is 406 g/mol. The van der Waals surface area contributed by atoms with Gasteiger partial charge in [-0.25, -0.2) is 9.37 Å². The van der Waals surface area contributed by atoms with Gasteiger partial charge in [-0.3, -0.25) is 9.69 Å². The van der Waals surface area contributed by atoms with Crippen LogP contribution in [0.5, 0.6) is 5.75 Å². The smallest absolute Gasteiger partial charge is 0.237 e. The topological polar surface area (TPSA) is 42.4 Å². The van der Waals surface area contributed by atoms with Gasteiger partial charge >= 0.3 is 0 Å². The van der Waals surface area contributed by atoms with Crippen LogP contribution in [0, 0.1) is 12.7 Å². The van der Waals surface area contributed by atoms with Crippen molar-refractivity contribution in [2.45, 2.75) is 13.3 Å². The van der Waals surface area contributed by atoms with Gasteiger partial charge in [-0.05, 0) is 42.8 Å². The number of para-hydroxylation sites is 2. The van der Waals surface area contributed by atoms with E-state index in [9.17, 15) is 9.18 Å². The van der Waals surface area contributed by atoms with Gasteiger partial charge in [0.15, 0.2) is 5.13 Å². The molecule has 6 heteroatoms. The van der Waals surface area contributed by atoms with Gasteiger partial charge in [0, 0.05) is 5.56 Å². The molecule has 0 atom stereocenters. The molecule has 4 nitrogen and oxygen atoms in total. The second-order valence-electron chi connectivity index (χ2n) is 6.62. The van der Waals surface area contributed by atoms with Crippen molar-refractivity contribution in [1.82, 2.24) is 4.98 Å². The summed E-state index contributed by atoms with van der Waals surface area (Å²) >= 11 is 1.40. The Morgan fingerprint density at radius 2 is 1.86 bits per heavy atom. The van der Waals surface area contributed by atoms with Crippen LogP contribution in [-0.2, 0) is 11.2 Å². The number of rotatable bonds is 5. The average molecular weight is 406 g/mol. The van der Waals surface area contributed by atoms with Crippen molar-refractivity contribution in [3.8, 4) is 5.75 Å². The Hall–Kier alpha value is -3.25. The number of amides is 1. The molecular weight excluding hydrogens is 387 g/mol. The van der Waals surface area contributed by atoms with Gasteiger partial charge in [-0.1, -0.05) is 47.7 Å². The molecule has 0 N–H and O–H groups in total. The number of aryl methyl sites for hydroxylation is 1. The van der Waals surface area contributed by atoms with Crippen molar-refractivity contribution in [3.63, 3.8) is 0 Å². The van der Waals surface area contributed by atoms with E-state index < -0.39 is 0 Å². The predicted octanol–water partition coefficient (Wildman–Crippen LogP) is 5.66. The van der Waals surface area contributed by atoms with E-state index in [4.69, 9.17) is 4.74 Å². The minimum absolute atomic E-state index is 0.107. The number of hydrogen-bond acceptors (Lipinski definition) is 4.